The van der Waals surface area contributed by atoms with Crippen molar-refractivity contribution < 1.29 is 23.1 Å². The van der Waals surface area contributed by atoms with Gasteiger partial charge in [-0.15, -0.1) is 0 Å². The second-order valence-electron chi connectivity index (χ2n) is 5.00. The number of carboxylic acids is 1. The molecule has 0 unspecified atom stereocenters. The Kier molecular flexibility index (Phi) is 4.54. The number of aliphatic carboxylic acids is 1. The van der Waals surface area contributed by atoms with Crippen molar-refractivity contribution in [3.05, 3.63) is 29.8 Å². The third-order valence-corrected chi connectivity index (χ3v) is 5.08. The highest BCUT2D eigenvalue weighted by atomic mass is 32.2. The minimum atomic E-state index is -3.54. The summed E-state index contributed by atoms with van der Waals surface area (Å²) in [4.78, 5) is 22.5. The topological polar surface area (TPSA) is 101 Å². The molecule has 7 heteroatoms. The van der Waals surface area contributed by atoms with E-state index in [1.54, 1.807) is 12.1 Å². The molecule has 0 spiro atoms. The second-order valence-corrected chi connectivity index (χ2v) is 7.57. The van der Waals surface area contributed by atoms with Gasteiger partial charge in [0.15, 0.2) is 9.84 Å². The largest absolute Gasteiger partial charge is 0.481 e. The minimum absolute atomic E-state index is 0.108. The lowest BCUT2D eigenvalue weighted by Gasteiger charge is -2.21. The van der Waals surface area contributed by atoms with Crippen molar-refractivity contribution in [2.45, 2.75) is 25.0 Å². The Hall–Kier alpha value is -1.89. The number of anilines is 1. The number of carboxylic acid groups (broad SMARTS) is 1. The molecule has 2 N–H and O–H groups in total. The van der Waals surface area contributed by atoms with Crippen molar-refractivity contribution in [3.8, 4) is 0 Å². The minimum Gasteiger partial charge on any atom is -0.481 e. The van der Waals surface area contributed by atoms with Gasteiger partial charge in [0.2, 0.25) is 5.91 Å². The molecule has 0 saturated heterocycles. The van der Waals surface area contributed by atoms with Crippen LogP contribution in [0.15, 0.2) is 24.3 Å². The Labute approximate surface area is 117 Å². The molecule has 1 aromatic rings. The van der Waals surface area contributed by atoms with Crippen LogP contribution in [-0.4, -0.2) is 36.4 Å². The molecule has 1 aromatic carbocycles. The zero-order chi connectivity index (χ0) is 15.6. The van der Waals surface area contributed by atoms with E-state index < -0.39 is 26.5 Å². The summed E-state index contributed by atoms with van der Waals surface area (Å²) in [5.41, 5.74) is 1.01. The molecule has 1 amide bonds. The highest BCUT2D eigenvalue weighted by Gasteiger charge is 2.38. The highest BCUT2D eigenvalue weighted by molar-refractivity contribution is 7.92. The smallest absolute Gasteiger partial charge is 0.307 e. The maximum Gasteiger partial charge on any atom is 0.307 e. The van der Waals surface area contributed by atoms with Crippen LogP contribution in [-0.2, 0) is 25.8 Å². The van der Waals surface area contributed by atoms with E-state index >= 15 is 0 Å². The lowest BCUT2D eigenvalue weighted by molar-refractivity contribution is -0.136. The summed E-state index contributed by atoms with van der Waals surface area (Å²) in [5.74, 6) is -1.58. The van der Waals surface area contributed by atoms with Crippen LogP contribution in [0.5, 0.6) is 0 Å². The summed E-state index contributed by atoms with van der Waals surface area (Å²) in [6.07, 6.45) is 0.894. The average Bonchev–Trinajstić information content (AvgIpc) is 2.29. The van der Waals surface area contributed by atoms with Crippen LogP contribution in [0.3, 0.4) is 0 Å². The van der Waals surface area contributed by atoms with Crippen LogP contribution >= 0.6 is 0 Å². The van der Waals surface area contributed by atoms with E-state index in [1.807, 2.05) is 0 Å². The average molecular weight is 299 g/mol. The Morgan fingerprint density at radius 3 is 2.10 bits per heavy atom. The van der Waals surface area contributed by atoms with Crippen LogP contribution in [0.1, 0.15) is 19.4 Å². The van der Waals surface area contributed by atoms with Gasteiger partial charge in [-0.2, -0.15) is 0 Å². The number of nitrogens with one attached hydrogen (secondary N) is 1. The van der Waals surface area contributed by atoms with Crippen molar-refractivity contribution in [1.29, 1.82) is 0 Å². The summed E-state index contributed by atoms with van der Waals surface area (Å²) in [7, 11) is -3.54. The number of sulfone groups is 1. The van der Waals surface area contributed by atoms with Gasteiger partial charge in [0, 0.05) is 11.9 Å². The molecule has 0 radical (unpaired) electrons. The van der Waals surface area contributed by atoms with Crippen LogP contribution in [0.4, 0.5) is 5.69 Å². The van der Waals surface area contributed by atoms with Crippen molar-refractivity contribution in [2.75, 3.05) is 11.6 Å². The molecule has 0 fully saturated rings. The van der Waals surface area contributed by atoms with Gasteiger partial charge < -0.3 is 10.4 Å². The molecule has 6 nitrogen and oxygen atoms in total. The summed E-state index contributed by atoms with van der Waals surface area (Å²) < 4.78 is 21.5. The van der Waals surface area contributed by atoms with Gasteiger partial charge in [0.1, 0.15) is 4.75 Å². The van der Waals surface area contributed by atoms with Crippen LogP contribution < -0.4 is 5.32 Å². The van der Waals surface area contributed by atoms with Crippen molar-refractivity contribution in [1.82, 2.24) is 0 Å². The maximum atomic E-state index is 12.0. The van der Waals surface area contributed by atoms with E-state index in [9.17, 15) is 18.0 Å². The number of benzene rings is 1. The van der Waals surface area contributed by atoms with E-state index in [2.05, 4.69) is 5.32 Å². The molecule has 0 aliphatic rings. The fourth-order valence-corrected chi connectivity index (χ4v) is 1.72. The first-order valence-electron chi connectivity index (χ1n) is 5.86. The monoisotopic (exact) mass is 299 g/mol. The fourth-order valence-electron chi connectivity index (χ4n) is 1.33. The number of carbonyl (C=O) groups is 2. The van der Waals surface area contributed by atoms with E-state index in [-0.39, 0.29) is 6.42 Å². The zero-order valence-electron chi connectivity index (χ0n) is 11.5. The molecule has 110 valence electrons. The predicted octanol–water partition coefficient (Wildman–Crippen LogP) is 1.08. The summed E-state index contributed by atoms with van der Waals surface area (Å²) >= 11 is 0. The number of hydrogen-bond acceptors (Lipinski definition) is 4. The van der Waals surface area contributed by atoms with E-state index in [0.717, 1.165) is 6.26 Å². The standard InChI is InChI=1S/C13H17NO5S/c1-13(2,20(3,18)19)12(17)14-10-6-4-9(5-7-10)8-11(15)16/h4-7H,8H2,1-3H3,(H,14,17)(H,15,16). The first-order valence-corrected chi connectivity index (χ1v) is 7.75. The summed E-state index contributed by atoms with van der Waals surface area (Å²) in [5, 5.41) is 11.1. The third-order valence-electron chi connectivity index (χ3n) is 3.04. The highest BCUT2D eigenvalue weighted by Crippen LogP contribution is 2.19. The van der Waals surface area contributed by atoms with E-state index in [4.69, 9.17) is 5.11 Å². The number of carbonyl (C=O) groups excluding carboxylic acids is 1. The number of hydrogen-bond donors (Lipinski definition) is 2. The maximum absolute atomic E-state index is 12.0. The summed E-state index contributed by atoms with van der Waals surface area (Å²) in [6.45, 7) is 2.66. The SMILES string of the molecule is CC(C)(C(=O)Nc1ccc(CC(=O)O)cc1)S(C)(=O)=O. The van der Waals surface area contributed by atoms with Crippen LogP contribution in [0.25, 0.3) is 0 Å². The van der Waals surface area contributed by atoms with Crippen LogP contribution in [0, 0.1) is 0 Å². The van der Waals surface area contributed by atoms with E-state index in [1.165, 1.54) is 26.0 Å². The Morgan fingerprint density at radius 2 is 1.70 bits per heavy atom. The molecule has 0 aromatic heterocycles. The quantitative estimate of drug-likeness (QED) is 0.847. The molecule has 0 heterocycles. The van der Waals surface area contributed by atoms with E-state index in [0.29, 0.717) is 11.3 Å². The predicted molar refractivity (Wildman–Crippen MR) is 75.3 cm³/mol. The molecule has 20 heavy (non-hydrogen) atoms. The van der Waals surface area contributed by atoms with Gasteiger partial charge in [-0.25, -0.2) is 8.42 Å². The van der Waals surface area contributed by atoms with Crippen molar-refractivity contribution >= 4 is 27.4 Å². The van der Waals surface area contributed by atoms with Gasteiger partial charge in [-0.1, -0.05) is 12.1 Å². The third kappa shape index (κ3) is 3.80. The normalized spacial score (nSPS) is 11.9. The Morgan fingerprint density at radius 1 is 1.20 bits per heavy atom. The molecular formula is C13H17NO5S. The lowest BCUT2D eigenvalue weighted by atomic mass is 10.1. The summed E-state index contributed by atoms with van der Waals surface area (Å²) in [6, 6.07) is 6.21. The van der Waals surface area contributed by atoms with Gasteiger partial charge in [0.25, 0.3) is 0 Å². The van der Waals surface area contributed by atoms with Crippen molar-refractivity contribution in [3.63, 3.8) is 0 Å². The Bertz CT molecular complexity index is 617. The van der Waals surface area contributed by atoms with Gasteiger partial charge in [0.05, 0.1) is 6.42 Å². The molecule has 0 aliphatic carbocycles. The molecule has 0 bridgehead atoms. The number of amides is 1. The van der Waals surface area contributed by atoms with Crippen molar-refractivity contribution in [2.24, 2.45) is 0 Å². The molecule has 0 aliphatic heterocycles. The first-order chi connectivity index (χ1) is 9.04. The lowest BCUT2D eigenvalue weighted by Crippen LogP contribution is -2.43. The molecule has 0 saturated carbocycles. The molecule has 0 atom stereocenters. The first kappa shape index (κ1) is 16.2. The fraction of sp³-hybridized carbons (Fsp3) is 0.385. The molecule has 1 rings (SSSR count). The Balaban J connectivity index is 2.84. The van der Waals surface area contributed by atoms with Gasteiger partial charge in [-0.05, 0) is 31.5 Å². The van der Waals surface area contributed by atoms with Crippen LogP contribution in [0.2, 0.25) is 0 Å². The zero-order valence-corrected chi connectivity index (χ0v) is 12.3. The van der Waals surface area contributed by atoms with Gasteiger partial charge in [-0.3, -0.25) is 9.59 Å². The second kappa shape index (κ2) is 5.62. The van der Waals surface area contributed by atoms with Gasteiger partial charge >= 0.3 is 5.97 Å². The number of rotatable bonds is 5. The molecular weight excluding hydrogens is 282 g/mol.